The molecular formula is C20H19FN4O2S2. The number of amides is 2. The zero-order valence-electron chi connectivity index (χ0n) is 15.5. The Labute approximate surface area is 175 Å². The summed E-state index contributed by atoms with van der Waals surface area (Å²) in [6.45, 7) is 1.34. The third-order valence-corrected chi connectivity index (χ3v) is 6.73. The van der Waals surface area contributed by atoms with E-state index in [1.54, 1.807) is 11.3 Å². The van der Waals surface area contributed by atoms with Gasteiger partial charge in [0.1, 0.15) is 10.8 Å². The van der Waals surface area contributed by atoms with Crippen molar-refractivity contribution in [3.63, 3.8) is 0 Å². The number of carbonyl (C=O) groups excluding carboxylic acids is 2. The van der Waals surface area contributed by atoms with E-state index in [2.05, 4.69) is 15.5 Å². The fourth-order valence-electron chi connectivity index (χ4n) is 3.29. The molecule has 6 nitrogen and oxygen atoms in total. The first kappa shape index (κ1) is 19.7. The number of halogens is 1. The molecule has 150 valence electrons. The second-order valence-electron chi connectivity index (χ2n) is 6.84. The molecule has 9 heteroatoms. The molecule has 1 aliphatic heterocycles. The highest BCUT2D eigenvalue weighted by Crippen LogP contribution is 2.30. The Morgan fingerprint density at radius 3 is 2.79 bits per heavy atom. The van der Waals surface area contributed by atoms with Crippen LogP contribution in [0.5, 0.6) is 0 Å². The normalized spacial score (nSPS) is 16.6. The van der Waals surface area contributed by atoms with Gasteiger partial charge in [-0.3, -0.25) is 9.59 Å². The van der Waals surface area contributed by atoms with E-state index in [9.17, 15) is 14.0 Å². The van der Waals surface area contributed by atoms with Crippen LogP contribution in [0.1, 0.15) is 38.4 Å². The molecule has 0 saturated carbocycles. The predicted molar refractivity (Wildman–Crippen MR) is 111 cm³/mol. The lowest BCUT2D eigenvalue weighted by molar-refractivity contribution is -0.131. The Balaban J connectivity index is 1.38. The van der Waals surface area contributed by atoms with Crippen molar-refractivity contribution in [1.29, 1.82) is 0 Å². The summed E-state index contributed by atoms with van der Waals surface area (Å²) in [7, 11) is 0. The van der Waals surface area contributed by atoms with Gasteiger partial charge < -0.3 is 10.2 Å². The Hall–Kier alpha value is -2.65. The maximum atomic E-state index is 13.0. The number of aromatic nitrogens is 2. The summed E-state index contributed by atoms with van der Waals surface area (Å²) in [6, 6.07) is 9.48. The number of nitrogens with zero attached hydrogens (tertiary/aromatic N) is 3. The summed E-state index contributed by atoms with van der Waals surface area (Å²) >= 11 is 2.83. The Bertz CT molecular complexity index is 988. The van der Waals surface area contributed by atoms with Gasteiger partial charge >= 0.3 is 0 Å². The van der Waals surface area contributed by atoms with Crippen LogP contribution in [0.2, 0.25) is 0 Å². The standard InChI is InChI=1S/C20H19FN4O2S2/c21-14-5-7-15(8-6-14)22-18(27)20-24-23-19(29-20)13-3-1-9-25(12-13)17(26)11-16-4-2-10-28-16/h2,4-8,10,13H,1,3,9,11-12H2,(H,22,27). The summed E-state index contributed by atoms with van der Waals surface area (Å²) in [6.07, 6.45) is 2.24. The largest absolute Gasteiger partial charge is 0.342 e. The number of likely N-dealkylation sites (tertiary alicyclic amines) is 1. The molecule has 3 heterocycles. The van der Waals surface area contributed by atoms with Gasteiger partial charge in [-0.1, -0.05) is 17.4 Å². The quantitative estimate of drug-likeness (QED) is 0.665. The van der Waals surface area contributed by atoms with Crippen LogP contribution in [-0.2, 0) is 11.2 Å². The molecule has 1 aromatic carbocycles. The Kier molecular flexibility index (Phi) is 5.96. The number of hydrogen-bond donors (Lipinski definition) is 1. The molecule has 0 bridgehead atoms. The molecule has 0 aliphatic carbocycles. The zero-order valence-corrected chi connectivity index (χ0v) is 17.1. The number of thiophene rings is 1. The van der Waals surface area contributed by atoms with E-state index in [-0.39, 0.29) is 28.6 Å². The fourth-order valence-corrected chi connectivity index (χ4v) is 4.85. The van der Waals surface area contributed by atoms with Crippen molar-refractivity contribution in [2.24, 2.45) is 0 Å². The van der Waals surface area contributed by atoms with Gasteiger partial charge in [0.2, 0.25) is 10.9 Å². The van der Waals surface area contributed by atoms with Crippen LogP contribution >= 0.6 is 22.7 Å². The first-order chi connectivity index (χ1) is 14.1. The van der Waals surface area contributed by atoms with E-state index in [1.807, 2.05) is 22.4 Å². The summed E-state index contributed by atoms with van der Waals surface area (Å²) in [5, 5.41) is 13.9. The molecule has 29 heavy (non-hydrogen) atoms. The van der Waals surface area contributed by atoms with Crippen molar-refractivity contribution in [1.82, 2.24) is 15.1 Å². The molecule has 0 radical (unpaired) electrons. The maximum absolute atomic E-state index is 13.0. The second-order valence-corrected chi connectivity index (χ2v) is 8.88. The van der Waals surface area contributed by atoms with E-state index in [1.165, 1.54) is 35.6 Å². The van der Waals surface area contributed by atoms with Crippen LogP contribution in [0.15, 0.2) is 41.8 Å². The summed E-state index contributed by atoms with van der Waals surface area (Å²) in [5.41, 5.74) is 0.496. The lowest BCUT2D eigenvalue weighted by Gasteiger charge is -2.31. The van der Waals surface area contributed by atoms with Gasteiger partial charge in [-0.15, -0.1) is 21.5 Å². The maximum Gasteiger partial charge on any atom is 0.286 e. The van der Waals surface area contributed by atoms with Gasteiger partial charge in [0.15, 0.2) is 0 Å². The first-order valence-corrected chi connectivity index (χ1v) is 11.0. The van der Waals surface area contributed by atoms with E-state index < -0.39 is 0 Å². The highest BCUT2D eigenvalue weighted by atomic mass is 32.1. The molecule has 3 aromatic rings. The Morgan fingerprint density at radius 1 is 1.21 bits per heavy atom. The van der Waals surface area contributed by atoms with E-state index in [0.29, 0.717) is 18.7 Å². The van der Waals surface area contributed by atoms with Crippen LogP contribution < -0.4 is 5.32 Å². The van der Waals surface area contributed by atoms with Crippen LogP contribution in [0, 0.1) is 5.82 Å². The molecular weight excluding hydrogens is 411 g/mol. The van der Waals surface area contributed by atoms with Gasteiger partial charge in [0.25, 0.3) is 5.91 Å². The summed E-state index contributed by atoms with van der Waals surface area (Å²) in [4.78, 5) is 27.9. The highest BCUT2D eigenvalue weighted by molar-refractivity contribution is 7.13. The third kappa shape index (κ3) is 4.86. The lowest BCUT2D eigenvalue weighted by Crippen LogP contribution is -2.39. The predicted octanol–water partition coefficient (Wildman–Crippen LogP) is 3.94. The molecule has 4 rings (SSSR count). The smallest absolute Gasteiger partial charge is 0.286 e. The minimum atomic E-state index is -0.373. The fraction of sp³-hybridized carbons (Fsp3) is 0.300. The molecule has 1 aliphatic rings. The molecule has 2 amide bonds. The molecule has 1 saturated heterocycles. The van der Waals surface area contributed by atoms with Gasteiger partial charge in [-0.25, -0.2) is 4.39 Å². The number of nitrogens with one attached hydrogen (secondary N) is 1. The highest BCUT2D eigenvalue weighted by Gasteiger charge is 2.28. The minimum absolute atomic E-state index is 0.0842. The van der Waals surface area contributed by atoms with Crippen LogP contribution in [-0.4, -0.2) is 40.0 Å². The van der Waals surface area contributed by atoms with Crippen molar-refractivity contribution in [2.45, 2.75) is 25.2 Å². The second kappa shape index (κ2) is 8.79. The van der Waals surface area contributed by atoms with Crippen molar-refractivity contribution in [3.05, 3.63) is 62.5 Å². The van der Waals surface area contributed by atoms with E-state index in [0.717, 1.165) is 29.3 Å². The van der Waals surface area contributed by atoms with Crippen molar-refractivity contribution >= 4 is 40.2 Å². The monoisotopic (exact) mass is 430 g/mol. The summed E-state index contributed by atoms with van der Waals surface area (Å²) < 4.78 is 13.0. The molecule has 1 N–H and O–H groups in total. The average Bonchev–Trinajstić information content (AvgIpc) is 3.42. The first-order valence-electron chi connectivity index (χ1n) is 9.29. The van der Waals surface area contributed by atoms with E-state index >= 15 is 0 Å². The van der Waals surface area contributed by atoms with Crippen LogP contribution in [0.25, 0.3) is 0 Å². The van der Waals surface area contributed by atoms with Gasteiger partial charge in [0.05, 0.1) is 6.42 Å². The van der Waals surface area contributed by atoms with Crippen LogP contribution in [0.3, 0.4) is 0 Å². The number of benzene rings is 1. The average molecular weight is 431 g/mol. The SMILES string of the molecule is O=C(Nc1ccc(F)cc1)c1nnc(C2CCCN(C(=O)Cc3cccs3)C2)s1. The minimum Gasteiger partial charge on any atom is -0.342 e. The van der Waals surface area contributed by atoms with Gasteiger partial charge in [-0.05, 0) is 48.6 Å². The molecule has 0 spiro atoms. The third-order valence-electron chi connectivity index (χ3n) is 4.77. The number of piperidine rings is 1. The molecule has 2 aromatic heterocycles. The van der Waals surface area contributed by atoms with Crippen molar-refractivity contribution in [2.75, 3.05) is 18.4 Å². The van der Waals surface area contributed by atoms with Gasteiger partial charge in [0, 0.05) is 29.6 Å². The van der Waals surface area contributed by atoms with Crippen molar-refractivity contribution in [3.8, 4) is 0 Å². The van der Waals surface area contributed by atoms with Crippen LogP contribution in [0.4, 0.5) is 10.1 Å². The Morgan fingerprint density at radius 2 is 2.03 bits per heavy atom. The number of hydrogen-bond acceptors (Lipinski definition) is 6. The van der Waals surface area contributed by atoms with Gasteiger partial charge in [-0.2, -0.15) is 0 Å². The number of rotatable bonds is 5. The topological polar surface area (TPSA) is 75.2 Å². The number of anilines is 1. The number of carbonyl (C=O) groups is 2. The molecule has 1 unspecified atom stereocenters. The van der Waals surface area contributed by atoms with Crippen molar-refractivity contribution < 1.29 is 14.0 Å². The summed E-state index contributed by atoms with van der Waals surface area (Å²) in [5.74, 6) is -0.532. The van der Waals surface area contributed by atoms with E-state index in [4.69, 9.17) is 0 Å². The lowest BCUT2D eigenvalue weighted by atomic mass is 9.98. The molecule has 1 fully saturated rings. The molecule has 1 atom stereocenters. The zero-order chi connectivity index (χ0) is 20.2.